The van der Waals surface area contributed by atoms with Gasteiger partial charge in [-0.15, -0.1) is 0 Å². The van der Waals surface area contributed by atoms with E-state index in [9.17, 15) is 14.4 Å². The van der Waals surface area contributed by atoms with Crippen molar-refractivity contribution in [3.63, 3.8) is 0 Å². The number of hydrogen-bond donors (Lipinski definition) is 0. The summed E-state index contributed by atoms with van der Waals surface area (Å²) >= 11 is 0. The molecule has 5 N–H and O–H groups in total. The van der Waals surface area contributed by atoms with Crippen LogP contribution in [0.1, 0.15) is 61.3 Å². The minimum atomic E-state index is -0.677. The summed E-state index contributed by atoms with van der Waals surface area (Å²) in [5, 5.41) is 18.1. The number of hydrogen-bond acceptors (Lipinski definition) is 5. The number of fused-ring (bicyclic) bond motifs is 1. The molecule has 160 valence electrons. The van der Waals surface area contributed by atoms with Gasteiger partial charge in [0.15, 0.2) is 0 Å². The van der Waals surface area contributed by atoms with Gasteiger partial charge < -0.3 is 10.2 Å². The monoisotopic (exact) mass is 450 g/mol. The van der Waals surface area contributed by atoms with E-state index in [1.165, 1.54) is 26.8 Å². The molecule has 2 heterocycles. The molecule has 0 spiro atoms. The summed E-state index contributed by atoms with van der Waals surface area (Å²) < 4.78 is 0.880. The third-order valence-corrected chi connectivity index (χ3v) is 3.45. The van der Waals surface area contributed by atoms with Crippen molar-refractivity contribution < 1.29 is 41.1 Å². The van der Waals surface area contributed by atoms with Crippen molar-refractivity contribution in [1.82, 2.24) is 9.66 Å². The Hall–Kier alpha value is -2.87. The predicted octanol–water partition coefficient (Wildman–Crippen LogP) is 0.596. The van der Waals surface area contributed by atoms with Gasteiger partial charge in [0.05, 0.1) is 18.7 Å². The van der Waals surface area contributed by atoms with Crippen LogP contribution in [-0.4, -0.2) is 47.7 Å². The molecule has 1 aliphatic rings. The minimum absolute atomic E-state index is 0. The van der Waals surface area contributed by atoms with Gasteiger partial charge in [0.1, 0.15) is 17.4 Å². The summed E-state index contributed by atoms with van der Waals surface area (Å²) in [6, 6.07) is 0. The summed E-state index contributed by atoms with van der Waals surface area (Å²) in [7, 11) is 0. The Morgan fingerprint density at radius 1 is 1.10 bits per heavy atom. The number of carbonyl (C=O) groups excluding carboxylic acids is 3. The molecule has 0 saturated heterocycles. The molecule has 0 saturated carbocycles. The van der Waals surface area contributed by atoms with Crippen molar-refractivity contribution in [2.75, 3.05) is 0 Å². The normalized spacial score (nSPS) is 13.2. The van der Waals surface area contributed by atoms with Gasteiger partial charge >= 0.3 is 5.78 Å². The Morgan fingerprint density at radius 2 is 1.62 bits per heavy atom. The Kier molecular flexibility index (Phi) is 9.57. The zero-order chi connectivity index (χ0) is 21.8. The quantitative estimate of drug-likeness (QED) is 0.217. The van der Waals surface area contributed by atoms with Gasteiger partial charge in [-0.05, 0) is 6.92 Å². The first-order chi connectivity index (χ1) is 12.9. The number of rotatable bonds is 4. The summed E-state index contributed by atoms with van der Waals surface area (Å²) in [6.45, 7) is 9.66. The van der Waals surface area contributed by atoms with Crippen molar-refractivity contribution in [3.8, 4) is 0 Å². The fourth-order valence-electron chi connectivity index (χ4n) is 2.37. The number of carbonyl (C=O) groups is 2. The molecule has 0 atom stereocenters. The molecule has 0 fully saturated rings. The van der Waals surface area contributed by atoms with E-state index in [1.807, 2.05) is 0 Å². The molecule has 9 nitrogen and oxygen atoms in total. The first-order valence-corrected chi connectivity index (χ1v) is 8.50. The second-order valence-electron chi connectivity index (χ2n) is 6.64. The Labute approximate surface area is 177 Å². The van der Waals surface area contributed by atoms with E-state index in [4.69, 9.17) is 15.0 Å². The maximum absolute atomic E-state index is 12.4. The number of nitrogens with zero attached hydrogens (tertiary/aromatic N) is 3. The van der Waals surface area contributed by atoms with Crippen LogP contribution in [0.15, 0.2) is 33.6 Å². The molecule has 0 amide bonds. The van der Waals surface area contributed by atoms with Crippen LogP contribution in [0, 0.1) is 12.8 Å². The Bertz CT molecular complexity index is 978. The average molecular weight is 451 g/mol. The van der Waals surface area contributed by atoms with E-state index in [1.54, 1.807) is 20.8 Å². The third kappa shape index (κ3) is 6.60. The van der Waals surface area contributed by atoms with E-state index in [2.05, 4.69) is 10.1 Å². The zero-order valence-corrected chi connectivity index (χ0v) is 18.0. The van der Waals surface area contributed by atoms with Crippen LogP contribution in [-0.2, 0) is 16.5 Å². The number of aromatic nitrogens is 2. The van der Waals surface area contributed by atoms with Crippen LogP contribution in [0.4, 0.5) is 0 Å². The molecule has 1 aromatic rings. The van der Waals surface area contributed by atoms with Crippen molar-refractivity contribution in [2.45, 2.75) is 41.5 Å². The number of ketones is 3. The first-order valence-electron chi connectivity index (χ1n) is 8.50. The third-order valence-electron chi connectivity index (χ3n) is 3.45. The predicted molar refractivity (Wildman–Crippen MR) is 107 cm³/mol. The Morgan fingerprint density at radius 3 is 2.00 bits per heavy atom. The molecule has 0 radical (unpaired) electrons. The molecular formula is C19H26N3NiO6+3. The number of Topliss-reactive ketones (excluding diaryl/α,β-unsaturated/α-hetero) is 1. The van der Waals surface area contributed by atoms with Gasteiger partial charge in [-0.25, -0.2) is 4.98 Å². The fourth-order valence-corrected chi connectivity index (χ4v) is 2.37. The van der Waals surface area contributed by atoms with Crippen LogP contribution in [0.5, 0.6) is 0 Å². The molecule has 29 heavy (non-hydrogen) atoms. The maximum Gasteiger partial charge on any atom is 0.322 e. The molecule has 0 bridgehead atoms. The second kappa shape index (κ2) is 10.6. The fraction of sp³-hybridized carbons (Fsp3) is 0.368. The maximum atomic E-state index is 12.4. The SMILES string of the molecule is C/C([OH2+])=C/C(=O)c1c(C)nc2n(c1=O)N=C(C(C)C)C2=O.CC(=[OH+])/C=C(/C)[OH2+].[Ni]. The molecule has 1 aliphatic heterocycles. The average Bonchev–Trinajstić information content (AvgIpc) is 2.83. The van der Waals surface area contributed by atoms with E-state index in [0.717, 1.165) is 10.8 Å². The molecule has 0 aromatic carbocycles. The van der Waals surface area contributed by atoms with Crippen LogP contribution < -0.4 is 5.56 Å². The summed E-state index contributed by atoms with van der Waals surface area (Å²) in [6.07, 6.45) is 2.43. The molecule has 1 aromatic heterocycles. The second-order valence-corrected chi connectivity index (χ2v) is 6.64. The van der Waals surface area contributed by atoms with Crippen LogP contribution in [0.25, 0.3) is 0 Å². The smallest absolute Gasteiger partial charge is 0.322 e. The summed E-state index contributed by atoms with van der Waals surface area (Å²) in [4.78, 5) is 49.0. The first kappa shape index (κ1) is 26.1. The van der Waals surface area contributed by atoms with Crippen molar-refractivity contribution in [3.05, 3.63) is 51.1 Å². The molecular weight excluding hydrogens is 425 g/mol. The van der Waals surface area contributed by atoms with Gasteiger partial charge in [0.25, 0.3) is 5.56 Å². The van der Waals surface area contributed by atoms with E-state index < -0.39 is 17.1 Å². The number of allylic oxidation sites excluding steroid dienone is 4. The van der Waals surface area contributed by atoms with E-state index >= 15 is 0 Å². The van der Waals surface area contributed by atoms with Gasteiger partial charge in [-0.3, -0.25) is 19.2 Å². The molecule has 0 aliphatic carbocycles. The Balaban J connectivity index is 0.000000846. The minimum Gasteiger partial charge on any atom is -0.597 e. The largest absolute Gasteiger partial charge is 0.597 e. The standard InChI is InChI=1S/C14H15N3O4.C5H8O2.Ni/c1-6(2)11-12(20)13-15-8(4)10(9(19)5-7(3)18)14(21)17(13)16-11;1-4(6)3-5(2)7;/h5-6,18H,1-4H3;3,6H,1-2H3;/p+3/b7-5-;4-3-;. The van der Waals surface area contributed by atoms with Crippen LogP contribution in [0.3, 0.4) is 0 Å². The van der Waals surface area contributed by atoms with Gasteiger partial charge in [0, 0.05) is 36.3 Å². The summed E-state index contributed by atoms with van der Waals surface area (Å²) in [5.74, 6) is -0.609. The van der Waals surface area contributed by atoms with E-state index in [-0.39, 0.29) is 56.7 Å². The number of aryl methyl sites for hydroxylation is 1. The summed E-state index contributed by atoms with van der Waals surface area (Å²) in [5.41, 5.74) is -0.422. The molecule has 2 rings (SSSR count). The topological polar surface area (TPSA) is 149 Å². The zero-order valence-electron chi connectivity index (χ0n) is 17.1. The van der Waals surface area contributed by atoms with Crippen molar-refractivity contribution >= 4 is 23.1 Å². The van der Waals surface area contributed by atoms with E-state index in [0.29, 0.717) is 5.76 Å². The molecule has 0 unspecified atom stereocenters. The van der Waals surface area contributed by atoms with Gasteiger partial charge in [0.2, 0.25) is 28.9 Å². The van der Waals surface area contributed by atoms with Gasteiger partial charge in [-0.1, -0.05) is 13.8 Å². The van der Waals surface area contributed by atoms with Crippen molar-refractivity contribution in [2.24, 2.45) is 11.0 Å². The van der Waals surface area contributed by atoms with Gasteiger partial charge in [-0.2, -0.15) is 9.78 Å². The van der Waals surface area contributed by atoms with Crippen LogP contribution in [0.2, 0.25) is 0 Å². The molecule has 10 heteroatoms. The van der Waals surface area contributed by atoms with Crippen LogP contribution >= 0.6 is 0 Å². The van der Waals surface area contributed by atoms with Crippen molar-refractivity contribution in [1.29, 1.82) is 0 Å².